The number of aromatic nitrogens is 3. The van der Waals surface area contributed by atoms with Crippen LogP contribution in [0.25, 0.3) is 0 Å². The van der Waals surface area contributed by atoms with Crippen molar-refractivity contribution in [3.63, 3.8) is 0 Å². The molecule has 0 aliphatic rings. The highest BCUT2D eigenvalue weighted by Gasteiger charge is 2.16. The van der Waals surface area contributed by atoms with E-state index in [9.17, 15) is 0 Å². The van der Waals surface area contributed by atoms with E-state index in [1.54, 1.807) is 17.5 Å². The molecule has 0 aromatic carbocycles. The Morgan fingerprint density at radius 1 is 1.59 bits per heavy atom. The second-order valence-corrected chi connectivity index (χ2v) is 4.82. The molecule has 2 rings (SSSR count). The third-order valence-electron chi connectivity index (χ3n) is 2.65. The molecule has 2 heterocycles. The molecule has 0 radical (unpaired) electrons. The van der Waals surface area contributed by atoms with E-state index >= 15 is 0 Å². The maximum Gasteiger partial charge on any atom is 0.0948 e. The van der Waals surface area contributed by atoms with Crippen LogP contribution < -0.4 is 11.3 Å². The van der Waals surface area contributed by atoms with E-state index in [2.05, 4.69) is 27.8 Å². The summed E-state index contributed by atoms with van der Waals surface area (Å²) in [6.45, 7) is 4.91. The van der Waals surface area contributed by atoms with Gasteiger partial charge in [-0.15, -0.1) is 11.3 Å². The molecule has 6 heteroatoms. The fourth-order valence-corrected chi connectivity index (χ4v) is 2.64. The van der Waals surface area contributed by atoms with Gasteiger partial charge in [-0.05, 0) is 19.9 Å². The largest absolute Gasteiger partial charge is 0.271 e. The lowest BCUT2D eigenvalue weighted by Crippen LogP contribution is -2.31. The van der Waals surface area contributed by atoms with Crippen molar-refractivity contribution in [2.24, 2.45) is 5.84 Å². The van der Waals surface area contributed by atoms with Crippen LogP contribution in [-0.2, 0) is 13.0 Å². The first-order valence-corrected chi connectivity index (χ1v) is 6.51. The lowest BCUT2D eigenvalue weighted by Gasteiger charge is -2.15. The molecule has 0 aliphatic heterocycles. The first-order chi connectivity index (χ1) is 8.24. The Labute approximate surface area is 105 Å². The molecular formula is C11H17N5S. The van der Waals surface area contributed by atoms with E-state index in [1.165, 1.54) is 0 Å². The molecule has 0 saturated heterocycles. The Bertz CT molecular complexity index is 476. The van der Waals surface area contributed by atoms with Gasteiger partial charge in [-0.3, -0.25) is 16.0 Å². The standard InChI is InChI=1S/C11H17N5S/c1-3-16-10(4-5-13-16)9(15-12)6-11-14-8(2)7-17-11/h4-5,7,9,15H,3,6,12H2,1-2H3. The van der Waals surface area contributed by atoms with Crippen molar-refractivity contribution in [3.8, 4) is 0 Å². The third kappa shape index (κ3) is 2.71. The van der Waals surface area contributed by atoms with Crippen LogP contribution in [0.15, 0.2) is 17.6 Å². The van der Waals surface area contributed by atoms with Crippen LogP contribution in [0.2, 0.25) is 0 Å². The maximum absolute atomic E-state index is 5.63. The lowest BCUT2D eigenvalue weighted by molar-refractivity contribution is 0.490. The molecular weight excluding hydrogens is 234 g/mol. The Kier molecular flexibility index (Phi) is 3.88. The molecule has 1 unspecified atom stereocenters. The van der Waals surface area contributed by atoms with Crippen LogP contribution >= 0.6 is 11.3 Å². The van der Waals surface area contributed by atoms with Crippen molar-refractivity contribution in [2.45, 2.75) is 32.9 Å². The Balaban J connectivity index is 2.16. The highest BCUT2D eigenvalue weighted by molar-refractivity contribution is 7.09. The van der Waals surface area contributed by atoms with Gasteiger partial charge in [0.25, 0.3) is 0 Å². The highest BCUT2D eigenvalue weighted by atomic mass is 32.1. The van der Waals surface area contributed by atoms with E-state index in [-0.39, 0.29) is 6.04 Å². The SMILES string of the molecule is CCn1nccc1C(Cc1nc(C)cs1)NN. The second kappa shape index (κ2) is 5.39. The average molecular weight is 251 g/mol. The van der Waals surface area contributed by atoms with Crippen molar-refractivity contribution in [1.82, 2.24) is 20.2 Å². The Hall–Kier alpha value is -1.24. The van der Waals surface area contributed by atoms with Crippen LogP contribution in [0.1, 0.15) is 29.4 Å². The summed E-state index contributed by atoms with van der Waals surface area (Å²) in [4.78, 5) is 4.46. The zero-order valence-corrected chi connectivity index (χ0v) is 10.9. The Morgan fingerprint density at radius 2 is 2.41 bits per heavy atom. The van der Waals surface area contributed by atoms with Crippen LogP contribution in [-0.4, -0.2) is 14.8 Å². The number of nitrogens with zero attached hydrogens (tertiary/aromatic N) is 3. The summed E-state index contributed by atoms with van der Waals surface area (Å²) in [5.41, 5.74) is 5.00. The van der Waals surface area contributed by atoms with E-state index in [0.29, 0.717) is 0 Å². The molecule has 0 bridgehead atoms. The topological polar surface area (TPSA) is 68.8 Å². The number of hydrazine groups is 1. The van der Waals surface area contributed by atoms with Crippen LogP contribution in [0.3, 0.4) is 0 Å². The number of hydrogen-bond donors (Lipinski definition) is 2. The maximum atomic E-state index is 5.63. The molecule has 0 spiro atoms. The smallest absolute Gasteiger partial charge is 0.0948 e. The second-order valence-electron chi connectivity index (χ2n) is 3.88. The molecule has 17 heavy (non-hydrogen) atoms. The van der Waals surface area contributed by atoms with Crippen LogP contribution in [0.4, 0.5) is 0 Å². The van der Waals surface area contributed by atoms with Gasteiger partial charge < -0.3 is 0 Å². The molecule has 3 N–H and O–H groups in total. The van der Waals surface area contributed by atoms with E-state index < -0.39 is 0 Å². The fraction of sp³-hybridized carbons (Fsp3) is 0.455. The molecule has 0 amide bonds. The minimum atomic E-state index is 0.0583. The van der Waals surface area contributed by atoms with Crippen molar-refractivity contribution in [2.75, 3.05) is 0 Å². The quantitative estimate of drug-likeness (QED) is 0.623. The number of rotatable bonds is 5. The van der Waals surface area contributed by atoms with Crippen molar-refractivity contribution < 1.29 is 0 Å². The third-order valence-corrected chi connectivity index (χ3v) is 3.64. The number of hydrogen-bond acceptors (Lipinski definition) is 5. The van der Waals surface area contributed by atoms with E-state index in [4.69, 9.17) is 5.84 Å². The summed E-state index contributed by atoms with van der Waals surface area (Å²) in [5, 5.41) is 7.40. The predicted octanol–water partition coefficient (Wildman–Crippen LogP) is 1.42. The number of thiazole rings is 1. The van der Waals surface area contributed by atoms with Crippen LogP contribution in [0.5, 0.6) is 0 Å². The summed E-state index contributed by atoms with van der Waals surface area (Å²) < 4.78 is 1.95. The van der Waals surface area contributed by atoms with Gasteiger partial charge in [-0.1, -0.05) is 0 Å². The lowest BCUT2D eigenvalue weighted by atomic mass is 10.1. The first-order valence-electron chi connectivity index (χ1n) is 5.63. The molecule has 0 saturated carbocycles. The van der Waals surface area contributed by atoms with Gasteiger partial charge >= 0.3 is 0 Å². The van der Waals surface area contributed by atoms with Gasteiger partial charge in [-0.25, -0.2) is 4.98 Å². The monoisotopic (exact) mass is 251 g/mol. The zero-order valence-electron chi connectivity index (χ0n) is 10.1. The van der Waals surface area contributed by atoms with Crippen molar-refractivity contribution >= 4 is 11.3 Å². The molecule has 0 aliphatic carbocycles. The molecule has 0 fully saturated rings. The summed E-state index contributed by atoms with van der Waals surface area (Å²) in [6, 6.07) is 2.05. The average Bonchev–Trinajstić information content (AvgIpc) is 2.94. The Morgan fingerprint density at radius 3 is 3.00 bits per heavy atom. The van der Waals surface area contributed by atoms with Gasteiger partial charge in [0.1, 0.15) is 0 Å². The normalized spacial score (nSPS) is 12.9. The summed E-state index contributed by atoms with van der Waals surface area (Å²) in [6.07, 6.45) is 2.59. The number of nitrogens with two attached hydrogens (primary N) is 1. The molecule has 92 valence electrons. The molecule has 1 atom stereocenters. The van der Waals surface area contributed by atoms with Gasteiger partial charge in [-0.2, -0.15) is 5.10 Å². The van der Waals surface area contributed by atoms with Gasteiger partial charge in [0.15, 0.2) is 0 Å². The van der Waals surface area contributed by atoms with Gasteiger partial charge in [0.05, 0.1) is 16.7 Å². The summed E-state index contributed by atoms with van der Waals surface area (Å²) >= 11 is 1.67. The number of nitrogens with one attached hydrogen (secondary N) is 1. The number of aryl methyl sites for hydroxylation is 2. The minimum Gasteiger partial charge on any atom is -0.271 e. The zero-order chi connectivity index (χ0) is 12.3. The minimum absolute atomic E-state index is 0.0583. The first kappa shape index (κ1) is 12.2. The summed E-state index contributed by atoms with van der Waals surface area (Å²) in [5.74, 6) is 5.63. The van der Waals surface area contributed by atoms with Gasteiger partial charge in [0, 0.05) is 30.2 Å². The van der Waals surface area contributed by atoms with Crippen molar-refractivity contribution in [1.29, 1.82) is 0 Å². The molecule has 5 nitrogen and oxygen atoms in total. The van der Waals surface area contributed by atoms with E-state index in [0.717, 1.165) is 29.4 Å². The fourth-order valence-electron chi connectivity index (χ4n) is 1.82. The molecule has 2 aromatic rings. The summed E-state index contributed by atoms with van der Waals surface area (Å²) in [7, 11) is 0. The highest BCUT2D eigenvalue weighted by Crippen LogP contribution is 2.19. The van der Waals surface area contributed by atoms with Crippen molar-refractivity contribution in [3.05, 3.63) is 34.0 Å². The van der Waals surface area contributed by atoms with E-state index in [1.807, 2.05) is 17.7 Å². The molecule has 2 aromatic heterocycles. The van der Waals surface area contributed by atoms with Crippen LogP contribution in [0, 0.1) is 6.92 Å². The van der Waals surface area contributed by atoms with Gasteiger partial charge in [0.2, 0.25) is 0 Å². The predicted molar refractivity (Wildman–Crippen MR) is 68.5 cm³/mol.